The molecule has 2 aromatic heterocycles. The van der Waals surface area contributed by atoms with Gasteiger partial charge in [-0.25, -0.2) is 9.78 Å². The Bertz CT molecular complexity index is 1130. The topological polar surface area (TPSA) is 81.4 Å². The largest absolute Gasteiger partial charge is 0.460 e. The number of aromatic nitrogens is 1. The normalized spacial score (nSPS) is 13.6. The van der Waals surface area contributed by atoms with Crippen molar-refractivity contribution in [3.05, 3.63) is 65.4 Å². The van der Waals surface area contributed by atoms with Gasteiger partial charge < -0.3 is 14.5 Å². The molecule has 0 saturated carbocycles. The van der Waals surface area contributed by atoms with Crippen molar-refractivity contribution >= 4 is 22.8 Å². The quantitative estimate of drug-likeness (QED) is 0.433. The van der Waals surface area contributed by atoms with Gasteiger partial charge in [0, 0.05) is 11.9 Å². The van der Waals surface area contributed by atoms with Crippen molar-refractivity contribution in [1.82, 2.24) is 10.3 Å². The molecule has 1 N–H and O–H groups in total. The molecular weight excluding hydrogens is 392 g/mol. The Balaban J connectivity index is 1.42. The van der Waals surface area contributed by atoms with Crippen molar-refractivity contribution in [3.8, 4) is 11.5 Å². The lowest BCUT2D eigenvalue weighted by atomic mass is 9.97. The number of carbonyl (C=O) groups is 2. The fraction of sp³-hybridized carbons (Fsp3) is 0.320. The molecule has 1 amide bonds. The van der Waals surface area contributed by atoms with Crippen LogP contribution in [-0.2, 0) is 9.53 Å². The van der Waals surface area contributed by atoms with Gasteiger partial charge in [-0.15, -0.1) is 0 Å². The zero-order valence-corrected chi connectivity index (χ0v) is 17.6. The Morgan fingerprint density at radius 2 is 2.03 bits per heavy atom. The van der Waals surface area contributed by atoms with Crippen LogP contribution < -0.4 is 5.32 Å². The Labute approximate surface area is 181 Å². The fourth-order valence-corrected chi connectivity index (χ4v) is 3.80. The van der Waals surface area contributed by atoms with Crippen LogP contribution in [0.25, 0.3) is 22.4 Å². The van der Waals surface area contributed by atoms with Crippen LogP contribution in [0.4, 0.5) is 0 Å². The first kappa shape index (κ1) is 20.8. The number of aryl methyl sites for hydroxylation is 1. The van der Waals surface area contributed by atoms with Crippen LogP contribution in [-0.4, -0.2) is 30.0 Å². The monoisotopic (exact) mass is 418 g/mol. The van der Waals surface area contributed by atoms with Crippen molar-refractivity contribution in [3.63, 3.8) is 0 Å². The minimum atomic E-state index is -0.562. The van der Waals surface area contributed by atoms with Gasteiger partial charge in [-0.05, 0) is 63.3 Å². The highest BCUT2D eigenvalue weighted by molar-refractivity contribution is 6.05. The summed E-state index contributed by atoms with van der Waals surface area (Å²) in [6, 6.07) is 12.7. The molecule has 0 bridgehead atoms. The van der Waals surface area contributed by atoms with E-state index >= 15 is 0 Å². The molecule has 31 heavy (non-hydrogen) atoms. The Kier molecular flexibility index (Phi) is 6.46. The number of benzene rings is 1. The van der Waals surface area contributed by atoms with Crippen LogP contribution in [0.3, 0.4) is 0 Å². The van der Waals surface area contributed by atoms with E-state index in [1.165, 1.54) is 18.4 Å². The second-order valence-corrected chi connectivity index (χ2v) is 7.77. The number of ether oxygens (including phenoxy) is 1. The van der Waals surface area contributed by atoms with Crippen LogP contribution in [0.1, 0.15) is 48.2 Å². The first-order chi connectivity index (χ1) is 15.1. The predicted octanol–water partition coefficient (Wildman–Crippen LogP) is 4.97. The molecule has 0 fully saturated rings. The average Bonchev–Trinajstić information content (AvgIpc) is 3.24. The third-order valence-electron chi connectivity index (χ3n) is 5.42. The molecule has 0 radical (unpaired) electrons. The zero-order valence-electron chi connectivity index (χ0n) is 17.6. The lowest BCUT2D eigenvalue weighted by molar-refractivity contribution is -0.124. The van der Waals surface area contributed by atoms with Gasteiger partial charge >= 0.3 is 5.97 Å². The van der Waals surface area contributed by atoms with Gasteiger partial charge in [0.1, 0.15) is 11.5 Å². The molecule has 1 aliphatic carbocycles. The molecule has 0 saturated heterocycles. The molecule has 4 rings (SSSR count). The summed E-state index contributed by atoms with van der Waals surface area (Å²) in [6.07, 6.45) is 7.81. The minimum Gasteiger partial charge on any atom is -0.460 e. The van der Waals surface area contributed by atoms with Gasteiger partial charge in [0.05, 0.1) is 11.1 Å². The molecular formula is C25H26N2O4. The third-order valence-corrected chi connectivity index (χ3v) is 5.42. The van der Waals surface area contributed by atoms with E-state index in [0.29, 0.717) is 34.5 Å². The smallest absolute Gasteiger partial charge is 0.339 e. The number of para-hydroxylation sites is 1. The molecule has 6 heteroatoms. The lowest BCUT2D eigenvalue weighted by Gasteiger charge is -2.13. The fourth-order valence-electron chi connectivity index (χ4n) is 3.80. The number of nitrogens with one attached hydrogen (secondary N) is 1. The second-order valence-electron chi connectivity index (χ2n) is 7.77. The van der Waals surface area contributed by atoms with Crippen molar-refractivity contribution in [1.29, 1.82) is 0 Å². The summed E-state index contributed by atoms with van der Waals surface area (Å²) in [6.45, 7) is 2.09. The van der Waals surface area contributed by atoms with Crippen molar-refractivity contribution in [2.45, 2.75) is 39.0 Å². The average molecular weight is 418 g/mol. The molecule has 1 aliphatic rings. The second kappa shape index (κ2) is 9.60. The molecule has 0 aliphatic heterocycles. The van der Waals surface area contributed by atoms with Crippen LogP contribution in [0.2, 0.25) is 0 Å². The van der Waals surface area contributed by atoms with E-state index in [4.69, 9.17) is 9.15 Å². The number of nitrogens with zero attached hydrogens (tertiary/aromatic N) is 1. The highest BCUT2D eigenvalue weighted by Gasteiger charge is 2.17. The predicted molar refractivity (Wildman–Crippen MR) is 119 cm³/mol. The zero-order chi connectivity index (χ0) is 21.6. The van der Waals surface area contributed by atoms with Gasteiger partial charge in [-0.3, -0.25) is 4.79 Å². The number of carbonyl (C=O) groups excluding carboxylic acids is 2. The SMILES string of the molecule is Cc1ccc(-c2cc(C(=O)OCC(=O)NCCC3=CCCCC3)c3ccccc3n2)o1. The van der Waals surface area contributed by atoms with E-state index < -0.39 is 5.97 Å². The van der Waals surface area contributed by atoms with E-state index in [9.17, 15) is 9.59 Å². The summed E-state index contributed by atoms with van der Waals surface area (Å²) in [4.78, 5) is 29.5. The molecule has 0 spiro atoms. The summed E-state index contributed by atoms with van der Waals surface area (Å²) in [5.74, 6) is 0.472. The maximum atomic E-state index is 12.8. The number of hydrogen-bond acceptors (Lipinski definition) is 5. The summed E-state index contributed by atoms with van der Waals surface area (Å²) in [7, 11) is 0. The van der Waals surface area contributed by atoms with Gasteiger partial charge in [0.2, 0.25) is 0 Å². The van der Waals surface area contributed by atoms with Crippen molar-refractivity contribution in [2.75, 3.05) is 13.2 Å². The van der Waals surface area contributed by atoms with Crippen LogP contribution in [0, 0.1) is 6.92 Å². The maximum Gasteiger partial charge on any atom is 0.339 e. The van der Waals surface area contributed by atoms with Crippen molar-refractivity contribution < 1.29 is 18.7 Å². The van der Waals surface area contributed by atoms with Gasteiger partial charge in [-0.2, -0.15) is 0 Å². The number of allylic oxidation sites excluding steroid dienone is 1. The van der Waals surface area contributed by atoms with Crippen LogP contribution in [0.5, 0.6) is 0 Å². The number of rotatable bonds is 7. The summed E-state index contributed by atoms with van der Waals surface area (Å²) < 4.78 is 11.0. The molecule has 160 valence electrons. The number of fused-ring (bicyclic) bond motifs is 1. The Morgan fingerprint density at radius 3 is 2.81 bits per heavy atom. The lowest BCUT2D eigenvalue weighted by Crippen LogP contribution is -2.30. The van der Waals surface area contributed by atoms with E-state index in [1.807, 2.05) is 43.3 Å². The number of esters is 1. The summed E-state index contributed by atoms with van der Waals surface area (Å²) >= 11 is 0. The molecule has 1 aromatic carbocycles. The van der Waals surface area contributed by atoms with E-state index in [-0.39, 0.29) is 12.5 Å². The van der Waals surface area contributed by atoms with Gasteiger partial charge in [-0.1, -0.05) is 29.8 Å². The van der Waals surface area contributed by atoms with Crippen molar-refractivity contribution in [2.24, 2.45) is 0 Å². The molecule has 2 heterocycles. The van der Waals surface area contributed by atoms with Gasteiger partial charge in [0.25, 0.3) is 5.91 Å². The summed E-state index contributed by atoms with van der Waals surface area (Å²) in [5.41, 5.74) is 2.96. The molecule has 0 atom stereocenters. The van der Waals surface area contributed by atoms with Crippen LogP contribution >= 0.6 is 0 Å². The number of hydrogen-bond donors (Lipinski definition) is 1. The summed E-state index contributed by atoms with van der Waals surface area (Å²) in [5, 5.41) is 3.50. The standard InChI is InChI=1S/C25H26N2O4/c1-17-11-12-23(31-17)22-15-20(19-9-5-6-10-21(19)27-22)25(29)30-16-24(28)26-14-13-18-7-3-2-4-8-18/h5-7,9-12,15H,2-4,8,13-14,16H2,1H3,(H,26,28). The molecule has 0 unspecified atom stereocenters. The first-order valence-corrected chi connectivity index (χ1v) is 10.7. The van der Waals surface area contributed by atoms with Crippen LogP contribution in [0.15, 0.2) is 58.5 Å². The highest BCUT2D eigenvalue weighted by atomic mass is 16.5. The number of furan rings is 1. The highest BCUT2D eigenvalue weighted by Crippen LogP contribution is 2.26. The number of amides is 1. The third kappa shape index (κ3) is 5.20. The Hall–Kier alpha value is -3.41. The minimum absolute atomic E-state index is 0.301. The number of pyridine rings is 1. The maximum absolute atomic E-state index is 12.8. The van der Waals surface area contributed by atoms with E-state index in [2.05, 4.69) is 16.4 Å². The molecule has 3 aromatic rings. The van der Waals surface area contributed by atoms with Gasteiger partial charge in [0.15, 0.2) is 12.4 Å². The molecule has 6 nitrogen and oxygen atoms in total. The Morgan fingerprint density at radius 1 is 1.16 bits per heavy atom. The van der Waals surface area contributed by atoms with E-state index in [0.717, 1.165) is 25.0 Å². The first-order valence-electron chi connectivity index (χ1n) is 10.7. The van der Waals surface area contributed by atoms with E-state index in [1.54, 1.807) is 6.07 Å².